The van der Waals surface area contributed by atoms with Crippen LogP contribution in [0.5, 0.6) is 5.75 Å². The summed E-state index contributed by atoms with van der Waals surface area (Å²) in [6, 6.07) is 5.15. The number of carbonyl (C=O) groups is 1. The average Bonchev–Trinajstić information content (AvgIpc) is 3.14. The predicted molar refractivity (Wildman–Crippen MR) is 110 cm³/mol. The van der Waals surface area contributed by atoms with Crippen LogP contribution in [-0.4, -0.2) is 29.8 Å². The monoisotopic (exact) mass is 397 g/mol. The van der Waals surface area contributed by atoms with Gasteiger partial charge in [0.05, 0.1) is 19.8 Å². The maximum Gasteiger partial charge on any atom is 0.374 e. The first kappa shape index (κ1) is 20.9. The molecule has 0 amide bonds. The molecule has 0 saturated carbocycles. The Morgan fingerprint density at radius 2 is 2.00 bits per heavy atom. The first-order valence-corrected chi connectivity index (χ1v) is 9.76. The van der Waals surface area contributed by atoms with Gasteiger partial charge in [-0.3, -0.25) is 4.98 Å². The Balaban J connectivity index is 2.05. The average molecular weight is 397 g/mol. The van der Waals surface area contributed by atoms with Gasteiger partial charge in [-0.2, -0.15) is 0 Å². The van der Waals surface area contributed by atoms with Gasteiger partial charge in [0.1, 0.15) is 0 Å². The quantitative estimate of drug-likeness (QED) is 0.581. The van der Waals surface area contributed by atoms with Crippen LogP contribution < -0.4 is 4.74 Å². The molecule has 0 spiro atoms. The second-order valence-corrected chi connectivity index (χ2v) is 7.33. The van der Waals surface area contributed by atoms with Gasteiger partial charge in [-0.25, -0.2) is 4.79 Å². The highest BCUT2D eigenvalue weighted by Gasteiger charge is 2.23. The number of hydrogen-bond donors (Lipinski definition) is 1. The molecule has 0 radical (unpaired) electrons. The van der Waals surface area contributed by atoms with Crippen molar-refractivity contribution in [1.29, 1.82) is 0 Å². The molecule has 6 nitrogen and oxygen atoms in total. The van der Waals surface area contributed by atoms with Crippen molar-refractivity contribution in [1.82, 2.24) is 4.98 Å². The molecule has 1 unspecified atom stereocenters. The van der Waals surface area contributed by atoms with E-state index >= 15 is 0 Å². The van der Waals surface area contributed by atoms with E-state index in [1.165, 1.54) is 7.11 Å². The summed E-state index contributed by atoms with van der Waals surface area (Å²) in [4.78, 5) is 16.4. The van der Waals surface area contributed by atoms with Crippen LogP contribution in [0.3, 0.4) is 0 Å². The zero-order valence-corrected chi connectivity index (χ0v) is 17.5. The highest BCUT2D eigenvalue weighted by atomic mass is 16.5. The number of furan rings is 1. The van der Waals surface area contributed by atoms with E-state index in [2.05, 4.69) is 18.8 Å². The van der Waals surface area contributed by atoms with Crippen LogP contribution in [0.2, 0.25) is 0 Å². The minimum absolute atomic E-state index is 0.0859. The number of pyridine rings is 1. The molecule has 3 aromatic rings. The van der Waals surface area contributed by atoms with Gasteiger partial charge in [-0.15, -0.1) is 0 Å². The van der Waals surface area contributed by atoms with Gasteiger partial charge in [0.25, 0.3) is 0 Å². The lowest BCUT2D eigenvalue weighted by molar-refractivity contribution is 0.0492. The Labute approximate surface area is 170 Å². The lowest BCUT2D eigenvalue weighted by Gasteiger charge is -2.19. The molecule has 0 aliphatic carbocycles. The number of carbonyl (C=O) groups excluding carboxylic acids is 1. The molecule has 1 aromatic carbocycles. The zero-order valence-electron chi connectivity index (χ0n) is 17.5. The normalized spacial score (nSPS) is 12.4. The number of esters is 1. The molecule has 0 bridgehead atoms. The largest absolute Gasteiger partial charge is 0.493 e. The number of benzene rings is 1. The van der Waals surface area contributed by atoms with Gasteiger partial charge in [-0.1, -0.05) is 19.9 Å². The van der Waals surface area contributed by atoms with Crippen molar-refractivity contribution >= 4 is 16.9 Å². The Bertz CT molecular complexity index is 1020. The Kier molecular flexibility index (Phi) is 6.23. The number of aliphatic hydroxyl groups excluding tert-OH is 1. The van der Waals surface area contributed by atoms with Crippen LogP contribution in [0.15, 0.2) is 35.0 Å². The van der Waals surface area contributed by atoms with Crippen molar-refractivity contribution < 1.29 is 23.8 Å². The molecule has 0 aliphatic heterocycles. The highest BCUT2D eigenvalue weighted by Crippen LogP contribution is 2.36. The van der Waals surface area contributed by atoms with Gasteiger partial charge < -0.3 is 19.0 Å². The van der Waals surface area contributed by atoms with E-state index in [1.807, 2.05) is 25.4 Å². The topological polar surface area (TPSA) is 81.8 Å². The Hall–Kier alpha value is -2.86. The number of aliphatic hydroxyl groups is 1. The molecule has 2 aromatic heterocycles. The smallest absolute Gasteiger partial charge is 0.374 e. The molecular formula is C23H27NO5. The van der Waals surface area contributed by atoms with Crippen molar-refractivity contribution in [2.75, 3.05) is 13.7 Å². The fourth-order valence-corrected chi connectivity index (χ4v) is 3.57. The first-order valence-electron chi connectivity index (χ1n) is 9.76. The van der Waals surface area contributed by atoms with Crippen LogP contribution in [0, 0.1) is 6.92 Å². The van der Waals surface area contributed by atoms with E-state index in [0.717, 1.165) is 16.7 Å². The van der Waals surface area contributed by atoms with Gasteiger partial charge >= 0.3 is 5.97 Å². The number of rotatable bonds is 7. The fourth-order valence-electron chi connectivity index (χ4n) is 3.57. The van der Waals surface area contributed by atoms with Crippen LogP contribution in [0.4, 0.5) is 0 Å². The molecule has 0 aliphatic rings. The first-order chi connectivity index (χ1) is 13.9. The number of fused-ring (bicyclic) bond motifs is 1. The van der Waals surface area contributed by atoms with E-state index in [1.54, 1.807) is 19.1 Å². The lowest BCUT2D eigenvalue weighted by Crippen LogP contribution is -2.08. The van der Waals surface area contributed by atoms with E-state index in [9.17, 15) is 9.90 Å². The van der Waals surface area contributed by atoms with Crippen molar-refractivity contribution in [3.05, 3.63) is 58.6 Å². The van der Waals surface area contributed by atoms with Crippen LogP contribution in [0.25, 0.3) is 11.0 Å². The number of ether oxygens (including phenoxy) is 2. The highest BCUT2D eigenvalue weighted by molar-refractivity contribution is 5.96. The van der Waals surface area contributed by atoms with Gasteiger partial charge in [0.2, 0.25) is 5.76 Å². The number of aryl methyl sites for hydroxylation is 1. The summed E-state index contributed by atoms with van der Waals surface area (Å²) >= 11 is 0. The third-order valence-corrected chi connectivity index (χ3v) is 5.06. The van der Waals surface area contributed by atoms with E-state index in [-0.39, 0.29) is 12.4 Å². The summed E-state index contributed by atoms with van der Waals surface area (Å²) in [5.74, 6) is 0.334. The van der Waals surface area contributed by atoms with Crippen LogP contribution in [0.1, 0.15) is 65.6 Å². The second kappa shape index (κ2) is 8.66. The molecule has 3 rings (SSSR count). The fraction of sp³-hybridized carbons (Fsp3) is 0.391. The summed E-state index contributed by atoms with van der Waals surface area (Å²) in [6.45, 7) is 8.21. The molecular weight excluding hydrogens is 370 g/mol. The summed E-state index contributed by atoms with van der Waals surface area (Å²) < 4.78 is 16.1. The van der Waals surface area contributed by atoms with Gasteiger partial charge in [0.15, 0.2) is 11.3 Å². The molecule has 2 heterocycles. The molecule has 154 valence electrons. The standard InChI is InChI=1S/C23H27NO5/c1-6-28-23(26)21-10-17-15(7-8-20(27-5)22(17)29-21)19(25)9-16-14(4)11-24-12-18(16)13(2)3/h7-8,10-13,19,25H,6,9H2,1-5H3. The van der Waals surface area contributed by atoms with Crippen molar-refractivity contribution in [2.24, 2.45) is 0 Å². The number of hydrogen-bond acceptors (Lipinski definition) is 6. The van der Waals surface area contributed by atoms with Crippen molar-refractivity contribution in [3.8, 4) is 5.75 Å². The van der Waals surface area contributed by atoms with E-state index in [0.29, 0.717) is 34.6 Å². The summed E-state index contributed by atoms with van der Waals surface area (Å²) in [7, 11) is 1.53. The summed E-state index contributed by atoms with van der Waals surface area (Å²) in [6.07, 6.45) is 3.33. The van der Waals surface area contributed by atoms with Crippen LogP contribution >= 0.6 is 0 Å². The number of methoxy groups -OCH3 is 1. The minimum Gasteiger partial charge on any atom is -0.493 e. The molecule has 0 saturated heterocycles. The second-order valence-electron chi connectivity index (χ2n) is 7.33. The minimum atomic E-state index is -0.783. The van der Waals surface area contributed by atoms with E-state index < -0.39 is 12.1 Å². The SMILES string of the molecule is CCOC(=O)c1cc2c(C(O)Cc3c(C)cncc3C(C)C)ccc(OC)c2o1. The summed E-state index contributed by atoms with van der Waals surface area (Å²) in [5, 5.41) is 11.7. The van der Waals surface area contributed by atoms with E-state index in [4.69, 9.17) is 13.9 Å². The molecule has 1 N–H and O–H groups in total. The molecule has 1 atom stereocenters. The molecule has 0 fully saturated rings. The van der Waals surface area contributed by atoms with Gasteiger partial charge in [0, 0.05) is 24.2 Å². The van der Waals surface area contributed by atoms with Crippen molar-refractivity contribution in [3.63, 3.8) is 0 Å². The predicted octanol–water partition coefficient (Wildman–Crippen LogP) is 4.72. The Morgan fingerprint density at radius 1 is 1.24 bits per heavy atom. The maximum atomic E-state index is 12.1. The third kappa shape index (κ3) is 4.12. The Morgan fingerprint density at radius 3 is 2.66 bits per heavy atom. The third-order valence-electron chi connectivity index (χ3n) is 5.06. The summed E-state index contributed by atoms with van der Waals surface area (Å²) in [5.41, 5.74) is 4.34. The maximum absolute atomic E-state index is 12.1. The zero-order chi connectivity index (χ0) is 21.1. The number of nitrogens with zero attached hydrogens (tertiary/aromatic N) is 1. The number of aromatic nitrogens is 1. The van der Waals surface area contributed by atoms with Gasteiger partial charge in [-0.05, 0) is 54.2 Å². The van der Waals surface area contributed by atoms with Crippen molar-refractivity contribution in [2.45, 2.75) is 46.1 Å². The van der Waals surface area contributed by atoms with Crippen LogP contribution in [-0.2, 0) is 11.2 Å². The lowest BCUT2D eigenvalue weighted by atomic mass is 9.90. The molecule has 29 heavy (non-hydrogen) atoms. The molecule has 6 heteroatoms.